The second kappa shape index (κ2) is 9.31. The fraction of sp³-hybridized carbons (Fsp3) is 0.560. The van der Waals surface area contributed by atoms with Crippen LogP contribution in [0.2, 0.25) is 0 Å². The lowest BCUT2D eigenvalue weighted by atomic mass is 9.79. The van der Waals surface area contributed by atoms with Crippen molar-refractivity contribution in [3.63, 3.8) is 0 Å². The zero-order valence-electron chi connectivity index (χ0n) is 21.7. The standard InChI is InChI=1S/C25H35BN4O5/c1-23(2,3)33-22(31)30-14-12-29(13-15-30)21-27-16-20(17-28-21)32-19-10-8-18(9-11-19)26-34-24(4,5)25(6,7)35-26/h8-11,16-17H,12-15H2,1-7H3. The molecule has 0 N–H and O–H groups in total. The number of carbonyl (C=O) groups excluding carboxylic acids is 1. The molecule has 3 heterocycles. The Morgan fingerprint density at radius 2 is 1.46 bits per heavy atom. The van der Waals surface area contributed by atoms with Crippen molar-refractivity contribution in [3.05, 3.63) is 36.7 Å². The van der Waals surface area contributed by atoms with Crippen LogP contribution in [0.15, 0.2) is 36.7 Å². The maximum atomic E-state index is 12.3. The highest BCUT2D eigenvalue weighted by Gasteiger charge is 2.51. The summed E-state index contributed by atoms with van der Waals surface area (Å²) in [5, 5.41) is 0. The van der Waals surface area contributed by atoms with Crippen molar-refractivity contribution in [2.24, 2.45) is 0 Å². The molecule has 2 fully saturated rings. The summed E-state index contributed by atoms with van der Waals surface area (Å²) in [6.45, 7) is 16.2. The summed E-state index contributed by atoms with van der Waals surface area (Å²) in [4.78, 5) is 24.9. The lowest BCUT2D eigenvalue weighted by molar-refractivity contribution is 0.00578. The number of ether oxygens (including phenoxy) is 2. The summed E-state index contributed by atoms with van der Waals surface area (Å²) < 4.78 is 23.6. The van der Waals surface area contributed by atoms with E-state index < -0.39 is 12.7 Å². The molecule has 0 radical (unpaired) electrons. The van der Waals surface area contributed by atoms with Crippen molar-refractivity contribution in [1.82, 2.24) is 14.9 Å². The van der Waals surface area contributed by atoms with Crippen molar-refractivity contribution in [3.8, 4) is 11.5 Å². The second-order valence-corrected chi connectivity index (χ2v) is 10.9. The number of hydrogen-bond acceptors (Lipinski definition) is 8. The van der Waals surface area contributed by atoms with Crippen LogP contribution in [0, 0.1) is 0 Å². The van der Waals surface area contributed by atoms with Gasteiger partial charge in [-0.15, -0.1) is 0 Å². The molecule has 188 valence electrons. The van der Waals surface area contributed by atoms with Crippen LogP contribution in [0.4, 0.5) is 10.7 Å². The number of piperazine rings is 1. The zero-order valence-corrected chi connectivity index (χ0v) is 21.7. The van der Waals surface area contributed by atoms with Gasteiger partial charge in [0.1, 0.15) is 11.4 Å². The molecule has 0 aliphatic carbocycles. The minimum Gasteiger partial charge on any atom is -0.454 e. The first-order chi connectivity index (χ1) is 16.3. The maximum absolute atomic E-state index is 12.3. The van der Waals surface area contributed by atoms with E-state index in [9.17, 15) is 4.79 Å². The largest absolute Gasteiger partial charge is 0.494 e. The van der Waals surface area contributed by atoms with E-state index >= 15 is 0 Å². The summed E-state index contributed by atoms with van der Waals surface area (Å²) in [7, 11) is -0.410. The van der Waals surface area contributed by atoms with Crippen LogP contribution in [0.5, 0.6) is 11.5 Å². The number of rotatable bonds is 4. The third kappa shape index (κ3) is 5.87. The van der Waals surface area contributed by atoms with Crippen molar-refractivity contribution in [2.45, 2.75) is 65.3 Å². The Kier molecular flexibility index (Phi) is 6.72. The summed E-state index contributed by atoms with van der Waals surface area (Å²) in [5.41, 5.74) is -0.324. The van der Waals surface area contributed by atoms with Gasteiger partial charge in [0.05, 0.1) is 23.6 Å². The molecule has 1 aromatic heterocycles. The first-order valence-corrected chi connectivity index (χ1v) is 12.0. The molecule has 9 nitrogen and oxygen atoms in total. The molecule has 0 unspecified atom stereocenters. The molecule has 4 rings (SSSR count). The van der Waals surface area contributed by atoms with Gasteiger partial charge in [0.15, 0.2) is 5.75 Å². The Bertz CT molecular complexity index is 1010. The van der Waals surface area contributed by atoms with Crippen molar-refractivity contribution < 1.29 is 23.6 Å². The third-order valence-corrected chi connectivity index (χ3v) is 6.47. The normalized spacial score (nSPS) is 19.6. The fourth-order valence-electron chi connectivity index (χ4n) is 3.75. The van der Waals surface area contributed by atoms with E-state index in [1.165, 1.54) is 0 Å². The molecule has 1 aromatic carbocycles. The number of anilines is 1. The van der Waals surface area contributed by atoms with Crippen LogP contribution in [0.25, 0.3) is 0 Å². The van der Waals surface area contributed by atoms with Gasteiger partial charge in [0, 0.05) is 26.2 Å². The van der Waals surface area contributed by atoms with Gasteiger partial charge in [-0.1, -0.05) is 12.1 Å². The number of nitrogens with zero attached hydrogens (tertiary/aromatic N) is 4. The molecule has 1 amide bonds. The molecule has 10 heteroatoms. The number of hydrogen-bond donors (Lipinski definition) is 0. The molecule has 2 saturated heterocycles. The van der Waals surface area contributed by atoms with Crippen LogP contribution in [-0.2, 0) is 14.0 Å². The van der Waals surface area contributed by atoms with Gasteiger partial charge in [0.25, 0.3) is 0 Å². The van der Waals surface area contributed by atoms with Crippen molar-refractivity contribution >= 4 is 24.6 Å². The fourth-order valence-corrected chi connectivity index (χ4v) is 3.75. The first kappa shape index (κ1) is 25.3. The van der Waals surface area contributed by atoms with Crippen LogP contribution >= 0.6 is 0 Å². The topological polar surface area (TPSA) is 86.3 Å². The van der Waals surface area contributed by atoms with Gasteiger partial charge >= 0.3 is 13.2 Å². The van der Waals surface area contributed by atoms with Crippen LogP contribution < -0.4 is 15.1 Å². The van der Waals surface area contributed by atoms with E-state index in [1.54, 1.807) is 17.3 Å². The summed E-state index contributed by atoms with van der Waals surface area (Å²) >= 11 is 0. The van der Waals surface area contributed by atoms with Gasteiger partial charge in [0.2, 0.25) is 5.95 Å². The third-order valence-electron chi connectivity index (χ3n) is 6.47. The molecule has 0 saturated carbocycles. The Balaban J connectivity index is 1.30. The van der Waals surface area contributed by atoms with E-state index in [2.05, 4.69) is 9.97 Å². The Morgan fingerprint density at radius 1 is 0.914 bits per heavy atom. The Hall–Kier alpha value is -2.85. The SMILES string of the molecule is CC(C)(C)OC(=O)N1CCN(c2ncc(Oc3ccc(B4OC(C)(C)C(C)(C)O4)cc3)cn2)CC1. The number of carbonyl (C=O) groups is 1. The van der Waals surface area contributed by atoms with Gasteiger partial charge in [-0.3, -0.25) is 0 Å². The predicted octanol–water partition coefficient (Wildman–Crippen LogP) is 3.63. The first-order valence-electron chi connectivity index (χ1n) is 12.0. The van der Waals surface area contributed by atoms with Crippen LogP contribution in [0.1, 0.15) is 48.5 Å². The average Bonchev–Trinajstić information content (AvgIpc) is 3.00. The Morgan fingerprint density at radius 3 is 1.97 bits per heavy atom. The molecule has 2 aliphatic heterocycles. The van der Waals surface area contributed by atoms with E-state index in [0.717, 1.165) is 5.46 Å². The molecule has 2 aliphatic rings. The van der Waals surface area contributed by atoms with E-state index in [4.69, 9.17) is 18.8 Å². The average molecular weight is 482 g/mol. The molecular weight excluding hydrogens is 447 g/mol. The van der Waals surface area contributed by atoms with Gasteiger partial charge in [-0.2, -0.15) is 0 Å². The monoisotopic (exact) mass is 482 g/mol. The predicted molar refractivity (Wildman–Crippen MR) is 134 cm³/mol. The number of amides is 1. The summed E-state index contributed by atoms with van der Waals surface area (Å²) in [5.74, 6) is 1.83. The van der Waals surface area contributed by atoms with Gasteiger partial charge in [-0.25, -0.2) is 14.8 Å². The van der Waals surface area contributed by atoms with E-state index in [1.807, 2.05) is 77.6 Å². The van der Waals surface area contributed by atoms with Crippen molar-refractivity contribution in [2.75, 3.05) is 31.1 Å². The molecule has 0 bridgehead atoms. The van der Waals surface area contributed by atoms with Crippen LogP contribution in [0.3, 0.4) is 0 Å². The van der Waals surface area contributed by atoms with E-state index in [0.29, 0.717) is 43.6 Å². The Labute approximate surface area is 207 Å². The zero-order chi connectivity index (χ0) is 25.4. The highest BCUT2D eigenvalue weighted by atomic mass is 16.7. The minimum absolute atomic E-state index is 0.286. The van der Waals surface area contributed by atoms with Crippen molar-refractivity contribution in [1.29, 1.82) is 0 Å². The van der Waals surface area contributed by atoms with Crippen LogP contribution in [-0.4, -0.2) is 71.1 Å². The highest BCUT2D eigenvalue weighted by molar-refractivity contribution is 6.62. The number of aromatic nitrogens is 2. The lowest BCUT2D eigenvalue weighted by Gasteiger charge is -2.35. The second-order valence-electron chi connectivity index (χ2n) is 10.9. The molecule has 0 atom stereocenters. The summed E-state index contributed by atoms with van der Waals surface area (Å²) in [6.07, 6.45) is 3.03. The van der Waals surface area contributed by atoms with E-state index in [-0.39, 0.29) is 17.3 Å². The lowest BCUT2D eigenvalue weighted by Crippen LogP contribution is -2.50. The van der Waals surface area contributed by atoms with Gasteiger partial charge in [-0.05, 0) is 66.1 Å². The highest BCUT2D eigenvalue weighted by Crippen LogP contribution is 2.36. The maximum Gasteiger partial charge on any atom is 0.494 e. The quantitative estimate of drug-likeness (QED) is 0.611. The molecule has 2 aromatic rings. The molecular formula is C25H35BN4O5. The van der Waals surface area contributed by atoms with Gasteiger partial charge < -0.3 is 28.6 Å². The molecule has 35 heavy (non-hydrogen) atoms. The summed E-state index contributed by atoms with van der Waals surface area (Å²) in [6, 6.07) is 7.64. The number of benzene rings is 1. The minimum atomic E-state index is -0.501. The molecule has 0 spiro atoms. The smallest absolute Gasteiger partial charge is 0.454 e.